The van der Waals surface area contributed by atoms with Crippen LogP contribution in [0.15, 0.2) is 23.6 Å². The number of aromatic nitrogens is 1. The van der Waals surface area contributed by atoms with Crippen LogP contribution in [0.4, 0.5) is 18.3 Å². The molecule has 27 heavy (non-hydrogen) atoms. The first-order chi connectivity index (χ1) is 12.8. The average Bonchev–Trinajstić information content (AvgIpc) is 3.35. The fourth-order valence-corrected chi connectivity index (χ4v) is 4.30. The molecule has 4 rings (SSSR count). The number of nitrogens with zero attached hydrogens (tertiary/aromatic N) is 3. The molecular formula is C19H20F3N3OS. The van der Waals surface area contributed by atoms with Gasteiger partial charge in [-0.1, -0.05) is 17.7 Å². The molecule has 8 heteroatoms. The molecular weight excluding hydrogens is 375 g/mol. The highest BCUT2D eigenvalue weighted by atomic mass is 32.1. The van der Waals surface area contributed by atoms with Crippen molar-refractivity contribution in [1.29, 1.82) is 0 Å². The summed E-state index contributed by atoms with van der Waals surface area (Å²) in [6.07, 6.45) is -2.16. The number of amides is 1. The molecule has 1 aliphatic carbocycles. The second kappa shape index (κ2) is 6.82. The van der Waals surface area contributed by atoms with E-state index in [4.69, 9.17) is 0 Å². The lowest BCUT2D eigenvalue weighted by Crippen LogP contribution is -2.49. The lowest BCUT2D eigenvalue weighted by Gasteiger charge is -2.35. The number of hydrogen-bond donors (Lipinski definition) is 0. The van der Waals surface area contributed by atoms with Crippen LogP contribution >= 0.6 is 11.3 Å². The molecule has 0 spiro atoms. The summed E-state index contributed by atoms with van der Waals surface area (Å²) in [7, 11) is 0. The van der Waals surface area contributed by atoms with Gasteiger partial charge in [-0.2, -0.15) is 13.2 Å². The molecule has 0 unspecified atom stereocenters. The highest BCUT2D eigenvalue weighted by molar-refractivity contribution is 7.13. The highest BCUT2D eigenvalue weighted by Gasteiger charge is 2.35. The number of piperazine rings is 1. The number of benzene rings is 1. The Morgan fingerprint density at radius 3 is 2.48 bits per heavy atom. The number of alkyl halides is 3. The third-order valence-corrected chi connectivity index (χ3v) is 5.98. The molecule has 4 nitrogen and oxygen atoms in total. The number of carbonyl (C=O) groups is 1. The largest absolute Gasteiger partial charge is 0.434 e. The van der Waals surface area contributed by atoms with Crippen LogP contribution in [0.25, 0.3) is 0 Å². The van der Waals surface area contributed by atoms with Crippen LogP contribution in [0.5, 0.6) is 0 Å². The van der Waals surface area contributed by atoms with E-state index in [0.717, 1.165) is 46.2 Å². The summed E-state index contributed by atoms with van der Waals surface area (Å²) in [6.45, 7) is 3.92. The summed E-state index contributed by atoms with van der Waals surface area (Å²) in [5, 5.41) is 1.41. The molecule has 0 radical (unpaired) electrons. The first-order valence-electron chi connectivity index (χ1n) is 9.00. The van der Waals surface area contributed by atoms with Crippen molar-refractivity contribution in [3.63, 3.8) is 0 Å². The van der Waals surface area contributed by atoms with E-state index in [1.54, 1.807) is 4.90 Å². The number of anilines is 1. The van der Waals surface area contributed by atoms with E-state index >= 15 is 0 Å². The lowest BCUT2D eigenvalue weighted by atomic mass is 9.99. The Balaban J connectivity index is 1.44. The van der Waals surface area contributed by atoms with E-state index < -0.39 is 11.9 Å². The van der Waals surface area contributed by atoms with Gasteiger partial charge in [-0.15, -0.1) is 11.3 Å². The van der Waals surface area contributed by atoms with Crippen LogP contribution in [0, 0.1) is 6.92 Å². The van der Waals surface area contributed by atoms with E-state index in [1.807, 2.05) is 24.0 Å². The monoisotopic (exact) mass is 395 g/mol. The Hall–Kier alpha value is -2.09. The summed E-state index contributed by atoms with van der Waals surface area (Å²) >= 11 is 0.997. The second-order valence-electron chi connectivity index (χ2n) is 7.16. The Morgan fingerprint density at radius 1 is 1.19 bits per heavy atom. The molecule has 0 atom stereocenters. The number of thiazole rings is 1. The van der Waals surface area contributed by atoms with Crippen LogP contribution in [-0.4, -0.2) is 42.0 Å². The molecule has 0 bridgehead atoms. The maximum absolute atomic E-state index is 13.0. The van der Waals surface area contributed by atoms with Crippen molar-refractivity contribution in [2.24, 2.45) is 0 Å². The Labute approximate surface area is 159 Å². The van der Waals surface area contributed by atoms with Gasteiger partial charge >= 0.3 is 6.18 Å². The third kappa shape index (κ3) is 3.81. The number of carbonyl (C=O) groups excluding carboxylic acids is 1. The Morgan fingerprint density at radius 2 is 1.89 bits per heavy atom. The van der Waals surface area contributed by atoms with Crippen LogP contribution in [0.3, 0.4) is 0 Å². The molecule has 2 fully saturated rings. The summed E-state index contributed by atoms with van der Waals surface area (Å²) in [5.41, 5.74) is 2.11. The fourth-order valence-electron chi connectivity index (χ4n) is 3.42. The smallest absolute Gasteiger partial charge is 0.345 e. The zero-order valence-electron chi connectivity index (χ0n) is 14.9. The van der Waals surface area contributed by atoms with Gasteiger partial charge in [0.05, 0.1) is 0 Å². The molecule has 144 valence electrons. The molecule has 0 N–H and O–H groups in total. The molecule has 1 saturated heterocycles. The zero-order chi connectivity index (χ0) is 19.2. The highest BCUT2D eigenvalue weighted by Crippen LogP contribution is 2.42. The summed E-state index contributed by atoms with van der Waals surface area (Å²) in [4.78, 5) is 20.4. The number of hydrogen-bond acceptors (Lipinski definition) is 4. The molecule has 1 aliphatic heterocycles. The molecule has 1 amide bonds. The van der Waals surface area contributed by atoms with Crippen molar-refractivity contribution in [2.45, 2.75) is 31.9 Å². The van der Waals surface area contributed by atoms with Crippen molar-refractivity contribution in [3.8, 4) is 0 Å². The number of aryl methyl sites for hydroxylation is 1. The van der Waals surface area contributed by atoms with E-state index in [1.165, 1.54) is 0 Å². The lowest BCUT2D eigenvalue weighted by molar-refractivity contribution is -0.140. The second-order valence-corrected chi connectivity index (χ2v) is 7.99. The number of rotatable bonds is 3. The Kier molecular flexibility index (Phi) is 4.61. The van der Waals surface area contributed by atoms with Crippen LogP contribution < -0.4 is 4.90 Å². The maximum Gasteiger partial charge on any atom is 0.434 e. The van der Waals surface area contributed by atoms with Gasteiger partial charge in [-0.25, -0.2) is 4.98 Å². The predicted molar refractivity (Wildman–Crippen MR) is 98.4 cm³/mol. The van der Waals surface area contributed by atoms with Gasteiger partial charge in [0, 0.05) is 37.1 Å². The van der Waals surface area contributed by atoms with Crippen LogP contribution in [0.2, 0.25) is 0 Å². The molecule has 2 heterocycles. The third-order valence-electron chi connectivity index (χ3n) is 5.08. The average molecular weight is 395 g/mol. The van der Waals surface area contributed by atoms with Crippen molar-refractivity contribution in [1.82, 2.24) is 9.88 Å². The van der Waals surface area contributed by atoms with Crippen molar-refractivity contribution in [3.05, 3.63) is 46.0 Å². The quantitative estimate of drug-likeness (QED) is 0.777. The van der Waals surface area contributed by atoms with E-state index in [9.17, 15) is 18.0 Å². The van der Waals surface area contributed by atoms with Gasteiger partial charge in [-0.3, -0.25) is 4.79 Å². The maximum atomic E-state index is 13.0. The predicted octanol–water partition coefficient (Wildman–Crippen LogP) is 4.31. The van der Waals surface area contributed by atoms with E-state index in [-0.39, 0.29) is 5.91 Å². The minimum Gasteiger partial charge on any atom is -0.345 e. The SMILES string of the molecule is Cc1ccc(C2CC2)c(C(=O)N2CCN(c3nc(C(F)(F)F)cs3)CC2)c1. The van der Waals surface area contributed by atoms with Crippen molar-refractivity contribution >= 4 is 22.4 Å². The molecule has 2 aliphatic rings. The molecule has 2 aromatic rings. The zero-order valence-corrected chi connectivity index (χ0v) is 15.7. The minimum atomic E-state index is -4.42. The van der Waals surface area contributed by atoms with Crippen molar-refractivity contribution in [2.75, 3.05) is 31.1 Å². The summed E-state index contributed by atoms with van der Waals surface area (Å²) in [5.74, 6) is 0.511. The Bertz CT molecular complexity index is 852. The standard InChI is InChI=1S/C19H20F3N3OS/c1-12-2-5-14(13-3-4-13)15(10-12)17(26)24-6-8-25(9-7-24)18-23-16(11-27-18)19(20,21)22/h2,5,10-11,13H,3-4,6-9H2,1H3. The van der Waals surface area contributed by atoms with E-state index in [0.29, 0.717) is 37.2 Å². The summed E-state index contributed by atoms with van der Waals surface area (Å²) < 4.78 is 38.2. The van der Waals surface area contributed by atoms with Crippen LogP contribution in [0.1, 0.15) is 45.9 Å². The van der Waals surface area contributed by atoms with Gasteiger partial charge in [0.25, 0.3) is 5.91 Å². The molecule has 1 aromatic carbocycles. The van der Waals surface area contributed by atoms with Gasteiger partial charge < -0.3 is 9.80 Å². The van der Waals surface area contributed by atoms with E-state index in [2.05, 4.69) is 11.1 Å². The van der Waals surface area contributed by atoms with Gasteiger partial charge in [-0.05, 0) is 37.3 Å². The first-order valence-corrected chi connectivity index (χ1v) is 9.88. The number of halogens is 3. The van der Waals surface area contributed by atoms with Gasteiger partial charge in [0.2, 0.25) is 0 Å². The first kappa shape index (κ1) is 18.3. The van der Waals surface area contributed by atoms with Crippen molar-refractivity contribution < 1.29 is 18.0 Å². The fraction of sp³-hybridized carbons (Fsp3) is 0.474. The normalized spacial score (nSPS) is 18.1. The summed E-state index contributed by atoms with van der Waals surface area (Å²) in [6, 6.07) is 6.06. The van der Waals surface area contributed by atoms with Gasteiger partial charge in [0.1, 0.15) is 0 Å². The molecule has 1 saturated carbocycles. The van der Waals surface area contributed by atoms with Crippen LogP contribution in [-0.2, 0) is 6.18 Å². The molecule has 1 aromatic heterocycles. The topological polar surface area (TPSA) is 36.4 Å². The minimum absolute atomic E-state index is 0.0235. The van der Waals surface area contributed by atoms with Gasteiger partial charge in [0.15, 0.2) is 10.8 Å².